The maximum Gasteiger partial charge on any atom is 0.203 e. The van der Waals surface area contributed by atoms with E-state index in [9.17, 15) is 0 Å². The van der Waals surface area contributed by atoms with Gasteiger partial charge in [0.05, 0.1) is 5.69 Å². The van der Waals surface area contributed by atoms with Crippen molar-refractivity contribution in [3.8, 4) is 0 Å². The van der Waals surface area contributed by atoms with Gasteiger partial charge in [-0.15, -0.1) is 6.58 Å². The molecule has 1 N–H and O–H groups in total. The Morgan fingerprint density at radius 2 is 2.44 bits per heavy atom. The Morgan fingerprint density at radius 1 is 1.62 bits per heavy atom. The lowest BCUT2D eigenvalue weighted by atomic mass is 9.83. The molecular weight excluding hydrogens is 198 g/mol. The van der Waals surface area contributed by atoms with E-state index in [-0.39, 0.29) is 0 Å². The number of hydrogen-bond donors (Lipinski definition) is 1. The SMILES string of the molecule is C=CCn1cc(C)nc1NCCC1CCC1. The molecule has 3 nitrogen and oxygen atoms in total. The number of imidazole rings is 1. The van der Waals surface area contributed by atoms with E-state index in [1.165, 1.54) is 25.7 Å². The fraction of sp³-hybridized carbons (Fsp3) is 0.615. The molecule has 0 bridgehead atoms. The summed E-state index contributed by atoms with van der Waals surface area (Å²) in [5, 5.41) is 3.42. The molecule has 0 amide bonds. The molecule has 1 heterocycles. The van der Waals surface area contributed by atoms with Crippen molar-refractivity contribution in [1.82, 2.24) is 9.55 Å². The maximum atomic E-state index is 4.47. The third-order valence-corrected chi connectivity index (χ3v) is 3.28. The number of hydrogen-bond acceptors (Lipinski definition) is 2. The second-order valence-electron chi connectivity index (χ2n) is 4.66. The van der Waals surface area contributed by atoms with Crippen LogP contribution in [-0.4, -0.2) is 16.1 Å². The Morgan fingerprint density at radius 3 is 3.06 bits per heavy atom. The topological polar surface area (TPSA) is 29.9 Å². The largest absolute Gasteiger partial charge is 0.356 e. The summed E-state index contributed by atoms with van der Waals surface area (Å²) in [6.07, 6.45) is 9.50. The highest BCUT2D eigenvalue weighted by atomic mass is 15.2. The molecular formula is C13H21N3. The van der Waals surface area contributed by atoms with Crippen molar-refractivity contribution < 1.29 is 0 Å². The van der Waals surface area contributed by atoms with Gasteiger partial charge in [-0.1, -0.05) is 25.3 Å². The number of allylic oxidation sites excluding steroid dienone is 1. The highest BCUT2D eigenvalue weighted by Crippen LogP contribution is 2.29. The van der Waals surface area contributed by atoms with Crippen molar-refractivity contribution in [1.29, 1.82) is 0 Å². The normalized spacial score (nSPS) is 15.8. The van der Waals surface area contributed by atoms with Crippen LogP contribution in [0, 0.1) is 12.8 Å². The van der Waals surface area contributed by atoms with E-state index < -0.39 is 0 Å². The van der Waals surface area contributed by atoms with Crippen LogP contribution >= 0.6 is 0 Å². The maximum absolute atomic E-state index is 4.47. The molecule has 1 aromatic rings. The van der Waals surface area contributed by atoms with Crippen molar-refractivity contribution in [2.24, 2.45) is 5.92 Å². The molecule has 0 unspecified atom stereocenters. The molecule has 0 atom stereocenters. The second kappa shape index (κ2) is 5.19. The zero-order valence-corrected chi connectivity index (χ0v) is 10.1. The summed E-state index contributed by atoms with van der Waals surface area (Å²) < 4.78 is 2.11. The molecule has 0 spiro atoms. The van der Waals surface area contributed by atoms with Crippen LogP contribution in [0.2, 0.25) is 0 Å². The molecule has 0 saturated heterocycles. The monoisotopic (exact) mass is 219 g/mol. The molecule has 1 aromatic heterocycles. The first kappa shape index (κ1) is 11.2. The zero-order valence-electron chi connectivity index (χ0n) is 10.1. The Bertz CT molecular complexity index is 350. The quantitative estimate of drug-likeness (QED) is 0.745. The summed E-state index contributed by atoms with van der Waals surface area (Å²) in [6, 6.07) is 0. The lowest BCUT2D eigenvalue weighted by molar-refractivity contribution is 0.302. The van der Waals surface area contributed by atoms with Gasteiger partial charge in [0.1, 0.15) is 0 Å². The molecule has 3 heteroatoms. The van der Waals surface area contributed by atoms with Crippen molar-refractivity contribution >= 4 is 5.95 Å². The van der Waals surface area contributed by atoms with Gasteiger partial charge in [-0.3, -0.25) is 0 Å². The fourth-order valence-electron chi connectivity index (χ4n) is 2.14. The molecule has 0 radical (unpaired) electrons. The third-order valence-electron chi connectivity index (χ3n) is 3.28. The van der Waals surface area contributed by atoms with E-state index in [1.807, 2.05) is 13.0 Å². The average molecular weight is 219 g/mol. The van der Waals surface area contributed by atoms with Gasteiger partial charge in [0, 0.05) is 19.3 Å². The fourth-order valence-corrected chi connectivity index (χ4v) is 2.14. The van der Waals surface area contributed by atoms with Crippen LogP contribution in [0.15, 0.2) is 18.9 Å². The Balaban J connectivity index is 1.84. The van der Waals surface area contributed by atoms with Gasteiger partial charge in [0.2, 0.25) is 5.95 Å². The Labute approximate surface area is 97.6 Å². The van der Waals surface area contributed by atoms with Crippen LogP contribution < -0.4 is 5.32 Å². The number of anilines is 1. The summed E-state index contributed by atoms with van der Waals surface area (Å²) >= 11 is 0. The summed E-state index contributed by atoms with van der Waals surface area (Å²) in [7, 11) is 0. The summed E-state index contributed by atoms with van der Waals surface area (Å²) in [6.45, 7) is 7.65. The highest BCUT2D eigenvalue weighted by Gasteiger charge is 2.16. The smallest absolute Gasteiger partial charge is 0.203 e. The summed E-state index contributed by atoms with van der Waals surface area (Å²) in [4.78, 5) is 4.47. The standard InChI is InChI=1S/C13H21N3/c1-3-9-16-10-11(2)15-13(16)14-8-7-12-5-4-6-12/h3,10,12H,1,4-9H2,2H3,(H,14,15). The van der Waals surface area contributed by atoms with Crippen molar-refractivity contribution in [2.45, 2.75) is 39.2 Å². The molecule has 2 rings (SSSR count). The first-order chi connectivity index (χ1) is 7.79. The minimum atomic E-state index is 0.826. The summed E-state index contributed by atoms with van der Waals surface area (Å²) in [5.41, 5.74) is 1.06. The second-order valence-corrected chi connectivity index (χ2v) is 4.66. The lowest BCUT2D eigenvalue weighted by Gasteiger charge is -2.25. The first-order valence-electron chi connectivity index (χ1n) is 6.18. The van der Waals surface area contributed by atoms with E-state index in [0.717, 1.165) is 30.6 Å². The summed E-state index contributed by atoms with van der Waals surface area (Å²) in [5.74, 6) is 1.94. The molecule has 0 aliphatic heterocycles. The highest BCUT2D eigenvalue weighted by molar-refractivity contribution is 5.29. The Hall–Kier alpha value is -1.25. The van der Waals surface area contributed by atoms with E-state index in [0.29, 0.717) is 0 Å². The van der Waals surface area contributed by atoms with Crippen molar-refractivity contribution in [2.75, 3.05) is 11.9 Å². The molecule has 1 aliphatic rings. The van der Waals surface area contributed by atoms with Crippen LogP contribution in [-0.2, 0) is 6.54 Å². The number of nitrogens with one attached hydrogen (secondary N) is 1. The van der Waals surface area contributed by atoms with E-state index in [1.54, 1.807) is 0 Å². The lowest BCUT2D eigenvalue weighted by Crippen LogP contribution is -2.17. The van der Waals surface area contributed by atoms with Crippen molar-refractivity contribution in [3.05, 3.63) is 24.5 Å². The van der Waals surface area contributed by atoms with Gasteiger partial charge in [-0.25, -0.2) is 4.98 Å². The van der Waals surface area contributed by atoms with Gasteiger partial charge in [-0.05, 0) is 19.3 Å². The minimum absolute atomic E-state index is 0.826. The number of aromatic nitrogens is 2. The number of nitrogens with zero attached hydrogens (tertiary/aromatic N) is 2. The van der Waals surface area contributed by atoms with Crippen LogP contribution in [0.3, 0.4) is 0 Å². The zero-order chi connectivity index (χ0) is 11.4. The predicted molar refractivity (Wildman–Crippen MR) is 67.6 cm³/mol. The molecule has 1 fully saturated rings. The average Bonchev–Trinajstić information content (AvgIpc) is 2.52. The molecule has 16 heavy (non-hydrogen) atoms. The van der Waals surface area contributed by atoms with Crippen LogP contribution in [0.4, 0.5) is 5.95 Å². The van der Waals surface area contributed by atoms with Gasteiger partial charge in [0.25, 0.3) is 0 Å². The number of rotatable bonds is 6. The molecule has 0 aromatic carbocycles. The third kappa shape index (κ3) is 2.65. The van der Waals surface area contributed by atoms with E-state index in [4.69, 9.17) is 0 Å². The predicted octanol–water partition coefficient (Wildman–Crippen LogP) is 2.98. The van der Waals surface area contributed by atoms with Crippen molar-refractivity contribution in [3.63, 3.8) is 0 Å². The van der Waals surface area contributed by atoms with Crippen LogP contribution in [0.1, 0.15) is 31.4 Å². The van der Waals surface area contributed by atoms with Gasteiger partial charge < -0.3 is 9.88 Å². The van der Waals surface area contributed by atoms with Gasteiger partial charge >= 0.3 is 0 Å². The molecule has 1 saturated carbocycles. The van der Waals surface area contributed by atoms with Crippen LogP contribution in [0.25, 0.3) is 0 Å². The molecule has 88 valence electrons. The Kier molecular flexibility index (Phi) is 3.65. The van der Waals surface area contributed by atoms with Gasteiger partial charge in [-0.2, -0.15) is 0 Å². The first-order valence-corrected chi connectivity index (χ1v) is 6.18. The minimum Gasteiger partial charge on any atom is -0.356 e. The molecule has 1 aliphatic carbocycles. The van der Waals surface area contributed by atoms with Crippen LogP contribution in [0.5, 0.6) is 0 Å². The number of aryl methyl sites for hydroxylation is 1. The van der Waals surface area contributed by atoms with E-state index >= 15 is 0 Å². The van der Waals surface area contributed by atoms with E-state index in [2.05, 4.69) is 27.6 Å². The van der Waals surface area contributed by atoms with Gasteiger partial charge in [0.15, 0.2) is 0 Å².